The van der Waals surface area contributed by atoms with Crippen molar-refractivity contribution in [2.45, 2.75) is 0 Å². The van der Waals surface area contributed by atoms with Gasteiger partial charge in [0.25, 0.3) is 0 Å². The predicted octanol–water partition coefficient (Wildman–Crippen LogP) is 19.7. The smallest absolute Gasteiger partial charge is 0.137 e. The molecule has 0 bridgehead atoms. The Kier molecular flexibility index (Phi) is 10.7. The van der Waals surface area contributed by atoms with Gasteiger partial charge < -0.3 is 27.5 Å². The predicted molar refractivity (Wildman–Crippen MR) is 336 cm³/mol. The van der Waals surface area contributed by atoms with E-state index in [1.807, 2.05) is 66.7 Å². The maximum atomic E-state index is 14.0. The van der Waals surface area contributed by atoms with Gasteiger partial charge in [-0.3, -0.25) is 0 Å². The highest BCUT2D eigenvalue weighted by atomic mass is 19.1. The molecule has 388 valence electrons. The van der Waals surface area contributed by atoms with Gasteiger partial charge in [0.1, 0.15) is 28.1 Å². The lowest BCUT2D eigenvalue weighted by Crippen LogP contribution is -1.95. The highest BCUT2D eigenvalue weighted by Crippen LogP contribution is 2.42. The number of nitrogens with zero attached hydrogens (tertiary/aromatic N) is 5. The molecule has 12 aromatic carbocycles. The average molecular weight is 1070 g/mol. The molecule has 0 spiro atoms. The molecule has 6 heterocycles. The van der Waals surface area contributed by atoms with Crippen LogP contribution in [0.5, 0.6) is 0 Å². The van der Waals surface area contributed by atoms with E-state index in [1.165, 1.54) is 55.7 Å². The number of aromatic amines is 1. The van der Waals surface area contributed by atoms with Gasteiger partial charge in [-0.15, -0.1) is 0 Å². The van der Waals surface area contributed by atoms with E-state index in [2.05, 4.69) is 201 Å². The molecule has 0 radical (unpaired) electrons. The second kappa shape index (κ2) is 18.7. The van der Waals surface area contributed by atoms with Crippen LogP contribution in [0.15, 0.2) is 264 Å². The van der Waals surface area contributed by atoms with Crippen LogP contribution in [0.3, 0.4) is 0 Å². The number of para-hydroxylation sites is 6. The monoisotopic (exact) mass is 1070 g/mol. The number of rotatable bonds is 3. The average Bonchev–Trinajstić information content (AvgIpc) is 3.91. The number of nitrogens with one attached hydrogen (secondary N) is 1. The van der Waals surface area contributed by atoms with E-state index >= 15 is 0 Å². The molecule has 0 aliphatic heterocycles. The van der Waals surface area contributed by atoms with Crippen LogP contribution in [0.2, 0.25) is 0 Å². The molecule has 0 aliphatic rings. The Hall–Kier alpha value is -11.7. The third-order valence-electron chi connectivity index (χ3n) is 16.2. The minimum atomic E-state index is -0.295. The van der Waals surface area contributed by atoms with Crippen LogP contribution in [-0.2, 0) is 0 Å². The fourth-order valence-corrected chi connectivity index (χ4v) is 12.7. The zero-order valence-electron chi connectivity index (χ0n) is 44.2. The first-order valence-corrected chi connectivity index (χ1v) is 27.4. The van der Waals surface area contributed by atoms with E-state index in [0.717, 1.165) is 93.4 Å². The highest BCUT2D eigenvalue weighted by molar-refractivity contribution is 6.17. The van der Waals surface area contributed by atoms with Crippen molar-refractivity contribution >= 4 is 131 Å². The number of aromatic nitrogens is 4. The maximum Gasteiger partial charge on any atom is 0.137 e. The first-order valence-electron chi connectivity index (χ1n) is 27.4. The molecule has 0 aliphatic carbocycles. The van der Waals surface area contributed by atoms with Crippen LogP contribution in [0.1, 0.15) is 11.1 Å². The summed E-state index contributed by atoms with van der Waals surface area (Å²) in [5, 5.41) is 32.0. The van der Waals surface area contributed by atoms with Crippen LogP contribution in [0.4, 0.5) is 4.39 Å². The van der Waals surface area contributed by atoms with E-state index in [-0.39, 0.29) is 5.82 Å². The van der Waals surface area contributed by atoms with Gasteiger partial charge in [-0.2, -0.15) is 10.5 Å². The highest BCUT2D eigenvalue weighted by Gasteiger charge is 2.21. The van der Waals surface area contributed by atoms with Gasteiger partial charge in [0.15, 0.2) is 0 Å². The van der Waals surface area contributed by atoms with E-state index in [0.29, 0.717) is 22.3 Å². The third-order valence-corrected chi connectivity index (χ3v) is 16.2. The van der Waals surface area contributed by atoms with Gasteiger partial charge in [-0.1, -0.05) is 121 Å². The summed E-state index contributed by atoms with van der Waals surface area (Å²) in [6.07, 6.45) is 0. The summed E-state index contributed by atoms with van der Waals surface area (Å²) in [6.45, 7) is 0. The van der Waals surface area contributed by atoms with Crippen molar-refractivity contribution in [1.82, 2.24) is 18.7 Å². The van der Waals surface area contributed by atoms with Crippen LogP contribution in [0, 0.1) is 28.5 Å². The second-order valence-corrected chi connectivity index (χ2v) is 20.8. The standard InChI is InChI=1S/C37H21N3O.C25H13FN2O.C12H9N/c38-22-23-16-18-33-28(20-23)27-10-3-6-13-32(27)40(33)34-14-7-15-36-37(34)29-21-24(17-19-35(29)41-36)39-30-11-4-1-8-25(30)26-9-2-5-12-31(26)39;26-16-9-11-23-19(13-16)25-22(6-3-7-24(25)29-23)28-20-5-2-1-4-17(20)18-12-15(14-27)8-10-21(18)28;1-3-7-11-9(5-1)10-6-2-4-8-12(10)13-11/h1-21H;1-13H;1-8,13H. The van der Waals surface area contributed by atoms with Crippen molar-refractivity contribution in [3.63, 3.8) is 0 Å². The summed E-state index contributed by atoms with van der Waals surface area (Å²) in [4.78, 5) is 3.38. The Morgan fingerprint density at radius 2 is 0.711 bits per heavy atom. The first kappa shape index (κ1) is 47.4. The fraction of sp³-hybridized carbons (Fsp3) is 0. The van der Waals surface area contributed by atoms with Crippen LogP contribution < -0.4 is 0 Å². The zero-order chi connectivity index (χ0) is 55.3. The zero-order valence-corrected chi connectivity index (χ0v) is 44.2. The molecule has 18 aromatic rings. The summed E-state index contributed by atoms with van der Waals surface area (Å²) < 4.78 is 33.2. The Morgan fingerprint density at radius 3 is 1.19 bits per heavy atom. The minimum absolute atomic E-state index is 0.295. The molecule has 0 amide bonds. The number of hydrogen-bond acceptors (Lipinski definition) is 4. The maximum absolute atomic E-state index is 14.0. The second-order valence-electron chi connectivity index (χ2n) is 20.8. The molecule has 0 saturated heterocycles. The van der Waals surface area contributed by atoms with Crippen molar-refractivity contribution in [3.05, 3.63) is 272 Å². The number of fused-ring (bicyclic) bond motifs is 18. The number of benzene rings is 12. The molecular weight excluding hydrogens is 1020 g/mol. The van der Waals surface area contributed by atoms with Crippen molar-refractivity contribution < 1.29 is 13.2 Å². The Balaban J connectivity index is 0.000000116. The molecule has 0 fully saturated rings. The largest absolute Gasteiger partial charge is 0.456 e. The van der Waals surface area contributed by atoms with Crippen LogP contribution in [0.25, 0.3) is 148 Å². The van der Waals surface area contributed by atoms with Gasteiger partial charge in [0.2, 0.25) is 0 Å². The third kappa shape index (κ3) is 7.43. The van der Waals surface area contributed by atoms with Crippen molar-refractivity contribution in [2.24, 2.45) is 0 Å². The lowest BCUT2D eigenvalue weighted by Gasteiger charge is -2.11. The number of H-pyrrole nitrogens is 1. The summed E-state index contributed by atoms with van der Waals surface area (Å²) >= 11 is 0. The SMILES string of the molecule is N#Cc1ccc2c(c1)c1ccccc1n2-c1cccc2oc3ccc(-n4c5ccccc5c5ccccc54)cc3c12.N#Cc1ccc2c(c1)c1ccccc1n2-c1cccc2oc3ccc(F)cc3c12.c1ccc2c(c1)[nH]c1ccccc12. The number of nitriles is 2. The molecule has 0 unspecified atom stereocenters. The number of hydrogen-bond donors (Lipinski definition) is 1. The van der Waals surface area contributed by atoms with Gasteiger partial charge in [-0.05, 0) is 133 Å². The van der Waals surface area contributed by atoms with Crippen molar-refractivity contribution in [1.29, 1.82) is 10.5 Å². The summed E-state index contributed by atoms with van der Waals surface area (Å²) in [7, 11) is 0. The van der Waals surface area contributed by atoms with E-state index in [4.69, 9.17) is 8.83 Å². The molecule has 0 saturated carbocycles. The molecule has 9 heteroatoms. The van der Waals surface area contributed by atoms with Crippen LogP contribution >= 0.6 is 0 Å². The Labute approximate surface area is 472 Å². The van der Waals surface area contributed by atoms with Gasteiger partial charge in [0, 0.05) is 70.6 Å². The Morgan fingerprint density at radius 1 is 0.313 bits per heavy atom. The minimum Gasteiger partial charge on any atom is -0.456 e. The molecule has 18 rings (SSSR count). The van der Waals surface area contributed by atoms with E-state index in [1.54, 1.807) is 6.07 Å². The van der Waals surface area contributed by atoms with Gasteiger partial charge in [0.05, 0.1) is 78.5 Å². The number of halogens is 1. The van der Waals surface area contributed by atoms with E-state index in [9.17, 15) is 14.9 Å². The molecule has 1 N–H and O–H groups in total. The van der Waals surface area contributed by atoms with Gasteiger partial charge >= 0.3 is 0 Å². The molecule has 83 heavy (non-hydrogen) atoms. The van der Waals surface area contributed by atoms with Crippen molar-refractivity contribution in [2.75, 3.05) is 0 Å². The summed E-state index contributed by atoms with van der Waals surface area (Å²) in [5.74, 6) is -0.295. The Bertz CT molecular complexity index is 5670. The normalized spacial score (nSPS) is 11.7. The molecule has 8 nitrogen and oxygen atoms in total. The molecular formula is C74H43FN6O2. The lowest BCUT2D eigenvalue weighted by atomic mass is 10.1. The summed E-state index contributed by atoms with van der Waals surface area (Å²) in [5.41, 5.74) is 16.3. The molecule has 0 atom stereocenters. The quantitative estimate of drug-likeness (QED) is 0.190. The molecule has 6 aromatic heterocycles. The van der Waals surface area contributed by atoms with Crippen LogP contribution in [-0.4, -0.2) is 18.7 Å². The first-order chi connectivity index (χ1) is 41.0. The lowest BCUT2D eigenvalue weighted by molar-refractivity contribution is 0.626. The van der Waals surface area contributed by atoms with Crippen molar-refractivity contribution in [3.8, 4) is 29.2 Å². The van der Waals surface area contributed by atoms with E-state index < -0.39 is 0 Å². The summed E-state index contributed by atoms with van der Waals surface area (Å²) in [6, 6.07) is 89.8. The topological polar surface area (TPSA) is 104 Å². The number of furan rings is 2. The van der Waals surface area contributed by atoms with Gasteiger partial charge in [-0.25, -0.2) is 4.39 Å². The fourth-order valence-electron chi connectivity index (χ4n) is 12.7.